The normalized spacial score (nSPS) is 10.7. The second kappa shape index (κ2) is 9.68. The third-order valence-corrected chi connectivity index (χ3v) is 3.88. The molecule has 0 aliphatic heterocycles. The summed E-state index contributed by atoms with van der Waals surface area (Å²) in [6.45, 7) is 0.938. The topological polar surface area (TPSA) is 69.6 Å². The van der Waals surface area contributed by atoms with Crippen LogP contribution in [-0.2, 0) is 11.3 Å². The molecular weight excluding hydrogens is 356 g/mol. The number of hydrogen-bond acceptors (Lipinski definition) is 4. The van der Waals surface area contributed by atoms with E-state index in [4.69, 9.17) is 21.1 Å². The minimum absolute atomic E-state index is 0.117. The Balaban J connectivity index is 1.82. The molecule has 0 unspecified atom stereocenters. The van der Waals surface area contributed by atoms with Gasteiger partial charge in [-0.2, -0.15) is 0 Å². The zero-order valence-corrected chi connectivity index (χ0v) is 15.5. The van der Waals surface area contributed by atoms with Gasteiger partial charge in [0.15, 0.2) is 11.5 Å². The summed E-state index contributed by atoms with van der Waals surface area (Å²) < 4.78 is 11.9. The number of carbonyl (C=O) groups is 1. The minimum atomic E-state index is -0.210. The Kier molecular flexibility index (Phi) is 7.29. The first-order valence-electron chi connectivity index (χ1n) is 8.07. The maximum Gasteiger partial charge on any atom is 0.250 e. The summed E-state index contributed by atoms with van der Waals surface area (Å²) in [5.41, 5.74) is 0.706. The first-order chi connectivity index (χ1) is 12.5. The monoisotopic (exact) mass is 376 g/mol. The average molecular weight is 377 g/mol. The van der Waals surface area contributed by atoms with E-state index in [2.05, 4.69) is 5.32 Å². The Morgan fingerprint density at radius 1 is 1.19 bits per heavy atom. The van der Waals surface area contributed by atoms with Gasteiger partial charge in [0, 0.05) is 31.4 Å². The van der Waals surface area contributed by atoms with Gasteiger partial charge in [-0.05, 0) is 36.3 Å². The number of ether oxygens (including phenoxy) is 2. The summed E-state index contributed by atoms with van der Waals surface area (Å²) in [5.74, 6) is 1.02. The number of hydrogen-bond donors (Lipinski definition) is 1. The zero-order valence-electron chi connectivity index (χ0n) is 14.7. The van der Waals surface area contributed by atoms with Crippen LogP contribution in [0, 0.1) is 0 Å². The SMILES string of the molecule is COc1ccc(/C=C/C(=O)NCCCn2cc(Cl)ccc2=O)cc1OC. The van der Waals surface area contributed by atoms with Crippen LogP contribution in [0.3, 0.4) is 0 Å². The molecule has 0 saturated carbocycles. The second-order valence-electron chi connectivity index (χ2n) is 5.47. The Labute approximate surface area is 157 Å². The maximum atomic E-state index is 11.9. The summed E-state index contributed by atoms with van der Waals surface area (Å²) in [6, 6.07) is 8.37. The Morgan fingerprint density at radius 2 is 1.96 bits per heavy atom. The van der Waals surface area contributed by atoms with Crippen LogP contribution < -0.4 is 20.3 Å². The predicted molar refractivity (Wildman–Crippen MR) is 102 cm³/mol. The molecule has 2 rings (SSSR count). The molecule has 1 aromatic heterocycles. The summed E-state index contributed by atoms with van der Waals surface area (Å²) >= 11 is 5.86. The van der Waals surface area contributed by atoms with Crippen LogP contribution in [0.2, 0.25) is 5.02 Å². The molecular formula is C19H21ClN2O4. The van der Waals surface area contributed by atoms with Gasteiger partial charge in [-0.3, -0.25) is 9.59 Å². The van der Waals surface area contributed by atoms with Gasteiger partial charge in [-0.25, -0.2) is 0 Å². The van der Waals surface area contributed by atoms with Crippen molar-refractivity contribution in [2.24, 2.45) is 0 Å². The summed E-state index contributed by atoms with van der Waals surface area (Å²) in [5, 5.41) is 3.28. The van der Waals surface area contributed by atoms with E-state index < -0.39 is 0 Å². The van der Waals surface area contributed by atoms with E-state index in [1.165, 1.54) is 16.7 Å². The van der Waals surface area contributed by atoms with Gasteiger partial charge in [-0.15, -0.1) is 0 Å². The molecule has 138 valence electrons. The molecule has 26 heavy (non-hydrogen) atoms. The van der Waals surface area contributed by atoms with Crippen LogP contribution in [0.5, 0.6) is 11.5 Å². The van der Waals surface area contributed by atoms with E-state index in [-0.39, 0.29) is 11.5 Å². The van der Waals surface area contributed by atoms with Crippen LogP contribution in [0.25, 0.3) is 6.08 Å². The summed E-state index contributed by atoms with van der Waals surface area (Å²) in [6.07, 6.45) is 5.35. The highest BCUT2D eigenvalue weighted by atomic mass is 35.5. The number of aromatic nitrogens is 1. The van der Waals surface area contributed by atoms with Crippen molar-refractivity contribution in [3.8, 4) is 11.5 Å². The van der Waals surface area contributed by atoms with Crippen LogP contribution in [0.1, 0.15) is 12.0 Å². The van der Waals surface area contributed by atoms with Crippen molar-refractivity contribution in [3.05, 3.63) is 63.5 Å². The van der Waals surface area contributed by atoms with E-state index in [1.54, 1.807) is 44.7 Å². The lowest BCUT2D eigenvalue weighted by atomic mass is 10.2. The molecule has 0 atom stereocenters. The number of nitrogens with zero attached hydrogens (tertiary/aromatic N) is 1. The average Bonchev–Trinajstić information content (AvgIpc) is 2.65. The second-order valence-corrected chi connectivity index (χ2v) is 5.91. The van der Waals surface area contributed by atoms with Gasteiger partial charge in [-0.1, -0.05) is 17.7 Å². The number of halogens is 1. The molecule has 6 nitrogen and oxygen atoms in total. The fourth-order valence-electron chi connectivity index (χ4n) is 2.33. The lowest BCUT2D eigenvalue weighted by Gasteiger charge is -2.08. The van der Waals surface area contributed by atoms with Crippen molar-refractivity contribution >= 4 is 23.6 Å². The molecule has 7 heteroatoms. The smallest absolute Gasteiger partial charge is 0.250 e. The molecule has 1 heterocycles. The van der Waals surface area contributed by atoms with Crippen LogP contribution in [-0.4, -0.2) is 31.2 Å². The molecule has 0 fully saturated rings. The number of aryl methyl sites for hydroxylation is 1. The standard InChI is InChI=1S/C19H21ClN2O4/c1-25-16-7-4-14(12-17(16)26-2)5-8-18(23)21-10-3-11-22-13-15(20)6-9-19(22)24/h4-9,12-13H,3,10-11H2,1-2H3,(H,21,23)/b8-5+. The molecule has 0 aliphatic carbocycles. The van der Waals surface area contributed by atoms with Crippen LogP contribution in [0.4, 0.5) is 0 Å². The largest absolute Gasteiger partial charge is 0.493 e. The molecule has 0 saturated heterocycles. The number of amides is 1. The van der Waals surface area contributed by atoms with Crippen molar-refractivity contribution < 1.29 is 14.3 Å². The first kappa shape index (κ1) is 19.6. The highest BCUT2D eigenvalue weighted by Crippen LogP contribution is 2.27. The number of rotatable bonds is 8. The van der Waals surface area contributed by atoms with Crippen LogP contribution in [0.15, 0.2) is 47.4 Å². The van der Waals surface area contributed by atoms with Crippen molar-refractivity contribution in [2.75, 3.05) is 20.8 Å². The minimum Gasteiger partial charge on any atom is -0.493 e. The van der Waals surface area contributed by atoms with E-state index in [1.807, 2.05) is 6.07 Å². The fourth-order valence-corrected chi connectivity index (χ4v) is 2.51. The van der Waals surface area contributed by atoms with E-state index in [0.29, 0.717) is 36.0 Å². The predicted octanol–water partition coefficient (Wildman–Crippen LogP) is 2.74. The molecule has 0 aliphatic rings. The molecule has 2 aromatic rings. The number of benzene rings is 1. The first-order valence-corrected chi connectivity index (χ1v) is 8.45. The lowest BCUT2D eigenvalue weighted by molar-refractivity contribution is -0.116. The number of methoxy groups -OCH3 is 2. The fraction of sp³-hybridized carbons (Fsp3) is 0.263. The van der Waals surface area contributed by atoms with Gasteiger partial charge in [0.25, 0.3) is 5.56 Å². The van der Waals surface area contributed by atoms with Crippen molar-refractivity contribution in [1.29, 1.82) is 0 Å². The molecule has 1 N–H and O–H groups in total. The number of carbonyl (C=O) groups excluding carboxylic acids is 1. The van der Waals surface area contributed by atoms with Crippen molar-refractivity contribution in [3.63, 3.8) is 0 Å². The molecule has 1 amide bonds. The lowest BCUT2D eigenvalue weighted by Crippen LogP contribution is -2.25. The molecule has 0 radical (unpaired) electrons. The third-order valence-electron chi connectivity index (χ3n) is 3.66. The number of nitrogens with one attached hydrogen (secondary N) is 1. The summed E-state index contributed by atoms with van der Waals surface area (Å²) in [7, 11) is 3.13. The van der Waals surface area contributed by atoms with Crippen molar-refractivity contribution in [1.82, 2.24) is 9.88 Å². The van der Waals surface area contributed by atoms with E-state index in [0.717, 1.165) is 5.56 Å². The zero-order chi connectivity index (χ0) is 18.9. The van der Waals surface area contributed by atoms with Crippen molar-refractivity contribution in [2.45, 2.75) is 13.0 Å². The Morgan fingerprint density at radius 3 is 2.69 bits per heavy atom. The van der Waals surface area contributed by atoms with Gasteiger partial charge >= 0.3 is 0 Å². The molecule has 0 spiro atoms. The highest BCUT2D eigenvalue weighted by molar-refractivity contribution is 6.30. The molecule has 0 bridgehead atoms. The van der Waals surface area contributed by atoms with E-state index in [9.17, 15) is 9.59 Å². The van der Waals surface area contributed by atoms with E-state index >= 15 is 0 Å². The van der Waals surface area contributed by atoms with Crippen LogP contribution >= 0.6 is 11.6 Å². The van der Waals surface area contributed by atoms with Gasteiger partial charge in [0.05, 0.1) is 19.2 Å². The van der Waals surface area contributed by atoms with Gasteiger partial charge in [0.1, 0.15) is 0 Å². The number of pyridine rings is 1. The molecule has 1 aromatic carbocycles. The third kappa shape index (κ3) is 5.67. The summed E-state index contributed by atoms with van der Waals surface area (Å²) in [4.78, 5) is 23.5. The van der Waals surface area contributed by atoms with Gasteiger partial charge < -0.3 is 19.4 Å². The Hall–Kier alpha value is -2.73. The van der Waals surface area contributed by atoms with Gasteiger partial charge in [0.2, 0.25) is 5.91 Å². The maximum absolute atomic E-state index is 11.9. The Bertz CT molecular complexity index is 846. The quantitative estimate of drug-likeness (QED) is 0.568. The highest BCUT2D eigenvalue weighted by Gasteiger charge is 2.03.